The quantitative estimate of drug-likeness (QED) is 0.141. The van der Waals surface area contributed by atoms with Gasteiger partial charge in [0.25, 0.3) is 5.56 Å². The SMILES string of the molecule is CCOC(=O)C1=C(c2ccccc2)N=c2s/c(=C\c3cc(Br)c(OC(C)=O)c(OC)c3)c(=O)n2[C@@H]1c1ccc(SC)cc1. The molecule has 1 atom stereocenters. The molecule has 5 rings (SSSR count). The lowest BCUT2D eigenvalue weighted by Crippen LogP contribution is -2.40. The van der Waals surface area contributed by atoms with Crippen molar-refractivity contribution in [3.8, 4) is 11.5 Å². The Kier molecular flexibility index (Phi) is 9.34. The second kappa shape index (κ2) is 13.2. The first kappa shape index (κ1) is 30.5. The number of hydrogen-bond donors (Lipinski definition) is 0. The van der Waals surface area contributed by atoms with Crippen molar-refractivity contribution in [1.82, 2.24) is 4.57 Å². The van der Waals surface area contributed by atoms with Gasteiger partial charge in [-0.05, 0) is 70.6 Å². The molecular formula is C32H27BrN2O6S2. The molecule has 0 bridgehead atoms. The minimum atomic E-state index is -0.767. The normalized spacial score (nSPS) is 14.6. The fraction of sp³-hybridized carbons (Fsp3) is 0.188. The van der Waals surface area contributed by atoms with Crippen molar-refractivity contribution in [3.63, 3.8) is 0 Å². The van der Waals surface area contributed by atoms with E-state index in [1.807, 2.05) is 60.9 Å². The Balaban J connectivity index is 1.78. The van der Waals surface area contributed by atoms with Crippen LogP contribution in [-0.4, -0.2) is 36.5 Å². The van der Waals surface area contributed by atoms with Gasteiger partial charge in [0, 0.05) is 17.4 Å². The molecule has 8 nitrogen and oxygen atoms in total. The highest BCUT2D eigenvalue weighted by Gasteiger charge is 2.35. The number of hydrogen-bond acceptors (Lipinski definition) is 9. The molecule has 0 fully saturated rings. The number of carbonyl (C=O) groups excluding carboxylic acids is 2. The number of rotatable bonds is 8. The van der Waals surface area contributed by atoms with Crippen LogP contribution in [-0.2, 0) is 14.3 Å². The number of esters is 2. The van der Waals surface area contributed by atoms with Crippen LogP contribution in [0.3, 0.4) is 0 Å². The smallest absolute Gasteiger partial charge is 0.338 e. The van der Waals surface area contributed by atoms with E-state index >= 15 is 0 Å². The molecule has 0 radical (unpaired) electrons. The van der Waals surface area contributed by atoms with Gasteiger partial charge in [-0.15, -0.1) is 11.8 Å². The lowest BCUT2D eigenvalue weighted by atomic mass is 9.93. The maximum atomic E-state index is 14.1. The molecule has 3 aromatic carbocycles. The summed E-state index contributed by atoms with van der Waals surface area (Å²) in [5.41, 5.74) is 2.57. The van der Waals surface area contributed by atoms with Crippen LogP contribution in [0.25, 0.3) is 11.8 Å². The highest BCUT2D eigenvalue weighted by Crippen LogP contribution is 2.38. The van der Waals surface area contributed by atoms with Gasteiger partial charge in [0.05, 0.1) is 40.0 Å². The second-order valence-electron chi connectivity index (χ2n) is 9.33. The number of fused-ring (bicyclic) bond motifs is 1. The molecule has 1 aliphatic heterocycles. The van der Waals surface area contributed by atoms with Gasteiger partial charge < -0.3 is 14.2 Å². The van der Waals surface area contributed by atoms with Crippen LogP contribution in [0.4, 0.5) is 0 Å². The molecule has 4 aromatic rings. The Morgan fingerprint density at radius 1 is 1.12 bits per heavy atom. The lowest BCUT2D eigenvalue weighted by Gasteiger charge is -2.26. The molecule has 11 heteroatoms. The average molecular weight is 680 g/mol. The Morgan fingerprint density at radius 3 is 2.47 bits per heavy atom. The zero-order chi connectivity index (χ0) is 30.7. The monoisotopic (exact) mass is 678 g/mol. The molecule has 0 saturated carbocycles. The van der Waals surface area contributed by atoms with Gasteiger partial charge >= 0.3 is 11.9 Å². The van der Waals surface area contributed by atoms with Crippen LogP contribution < -0.4 is 24.4 Å². The average Bonchev–Trinajstić information content (AvgIpc) is 3.32. The maximum absolute atomic E-state index is 14.1. The third-order valence-corrected chi connectivity index (χ3v) is 8.92. The van der Waals surface area contributed by atoms with Crippen molar-refractivity contribution < 1.29 is 23.8 Å². The maximum Gasteiger partial charge on any atom is 0.338 e. The van der Waals surface area contributed by atoms with E-state index in [4.69, 9.17) is 19.2 Å². The molecule has 0 spiro atoms. The third-order valence-electron chi connectivity index (χ3n) is 6.60. The predicted molar refractivity (Wildman–Crippen MR) is 171 cm³/mol. The van der Waals surface area contributed by atoms with E-state index in [1.165, 1.54) is 25.4 Å². The molecule has 0 unspecified atom stereocenters. The fourth-order valence-corrected chi connectivity index (χ4v) is 6.71. The number of carbonyl (C=O) groups is 2. The van der Waals surface area contributed by atoms with Crippen molar-refractivity contribution in [2.75, 3.05) is 20.0 Å². The minimum absolute atomic E-state index is 0.174. The number of ether oxygens (including phenoxy) is 3. The number of thiazole rings is 1. The number of nitrogens with zero attached hydrogens (tertiary/aromatic N) is 2. The largest absolute Gasteiger partial charge is 0.493 e. The standard InChI is InChI=1S/C32H27BrN2O6S2/c1-5-40-31(38)26-27(20-9-7-6-8-10-20)34-32-35(28(26)21-11-13-22(42-4)14-12-21)30(37)25(43-32)17-19-15-23(33)29(41-18(2)36)24(16-19)39-3/h6-17,28H,5H2,1-4H3/b25-17-/t28-/m1/s1. The summed E-state index contributed by atoms with van der Waals surface area (Å²) in [4.78, 5) is 45.7. The number of aromatic nitrogens is 1. The van der Waals surface area contributed by atoms with Gasteiger partial charge in [-0.25, -0.2) is 9.79 Å². The summed E-state index contributed by atoms with van der Waals surface area (Å²) in [5.74, 6) is -0.453. The van der Waals surface area contributed by atoms with Crippen LogP contribution in [0.1, 0.15) is 36.6 Å². The first-order valence-electron chi connectivity index (χ1n) is 13.2. The summed E-state index contributed by atoms with van der Waals surface area (Å²) in [6.45, 7) is 3.23. The number of halogens is 1. The Bertz CT molecular complexity index is 1910. The molecule has 220 valence electrons. The molecule has 43 heavy (non-hydrogen) atoms. The first-order valence-corrected chi connectivity index (χ1v) is 16.1. The lowest BCUT2D eigenvalue weighted by molar-refractivity contribution is -0.139. The van der Waals surface area contributed by atoms with Gasteiger partial charge in [-0.1, -0.05) is 53.8 Å². The fourth-order valence-electron chi connectivity index (χ4n) is 4.76. The number of benzene rings is 3. The van der Waals surface area contributed by atoms with E-state index in [2.05, 4.69) is 15.9 Å². The summed E-state index contributed by atoms with van der Waals surface area (Å²) >= 11 is 6.27. The second-order valence-corrected chi connectivity index (χ2v) is 12.1. The molecular weight excluding hydrogens is 652 g/mol. The number of thioether (sulfide) groups is 1. The zero-order valence-electron chi connectivity index (χ0n) is 23.8. The van der Waals surface area contributed by atoms with Gasteiger partial charge in [0.1, 0.15) is 0 Å². The van der Waals surface area contributed by atoms with Crippen LogP contribution in [0.15, 0.2) is 91.5 Å². The summed E-state index contributed by atoms with van der Waals surface area (Å²) in [7, 11) is 1.47. The van der Waals surface area contributed by atoms with E-state index in [0.717, 1.165) is 16.0 Å². The van der Waals surface area contributed by atoms with E-state index in [-0.39, 0.29) is 17.9 Å². The van der Waals surface area contributed by atoms with Crippen LogP contribution >= 0.6 is 39.0 Å². The van der Waals surface area contributed by atoms with E-state index in [0.29, 0.717) is 36.4 Å². The van der Waals surface area contributed by atoms with Crippen LogP contribution in [0.5, 0.6) is 11.5 Å². The highest BCUT2D eigenvalue weighted by molar-refractivity contribution is 9.10. The van der Waals surface area contributed by atoms with Crippen molar-refractivity contribution in [3.05, 3.63) is 113 Å². The van der Waals surface area contributed by atoms with Crippen LogP contribution in [0, 0.1) is 0 Å². The van der Waals surface area contributed by atoms with Gasteiger partial charge in [0.2, 0.25) is 0 Å². The first-order chi connectivity index (χ1) is 20.7. The third kappa shape index (κ3) is 6.24. The summed E-state index contributed by atoms with van der Waals surface area (Å²) in [5, 5.41) is 0. The molecule has 1 aliphatic rings. The number of methoxy groups -OCH3 is 1. The highest BCUT2D eigenvalue weighted by atomic mass is 79.9. The molecule has 0 amide bonds. The van der Waals surface area contributed by atoms with Crippen LogP contribution in [0.2, 0.25) is 0 Å². The van der Waals surface area contributed by atoms with E-state index < -0.39 is 18.0 Å². The summed E-state index contributed by atoms with van der Waals surface area (Å²) < 4.78 is 18.7. The molecule has 0 aliphatic carbocycles. The van der Waals surface area contributed by atoms with Gasteiger partial charge in [-0.2, -0.15) is 0 Å². The topological polar surface area (TPSA) is 96.2 Å². The molecule has 2 heterocycles. The van der Waals surface area contributed by atoms with Gasteiger partial charge in [0.15, 0.2) is 16.3 Å². The molecule has 1 aromatic heterocycles. The molecule has 0 saturated heterocycles. The minimum Gasteiger partial charge on any atom is -0.493 e. The Morgan fingerprint density at radius 2 is 1.84 bits per heavy atom. The van der Waals surface area contributed by atoms with E-state index in [1.54, 1.807) is 41.5 Å². The molecule has 0 N–H and O–H groups in total. The van der Waals surface area contributed by atoms with Crippen molar-refractivity contribution in [2.24, 2.45) is 4.99 Å². The van der Waals surface area contributed by atoms with Crippen molar-refractivity contribution in [1.29, 1.82) is 0 Å². The predicted octanol–water partition coefficient (Wildman–Crippen LogP) is 5.35. The Labute approximate surface area is 264 Å². The van der Waals surface area contributed by atoms with E-state index in [9.17, 15) is 14.4 Å². The van der Waals surface area contributed by atoms with Gasteiger partial charge in [-0.3, -0.25) is 14.2 Å². The summed E-state index contributed by atoms with van der Waals surface area (Å²) in [6.07, 6.45) is 3.71. The van der Waals surface area contributed by atoms with Crippen molar-refractivity contribution in [2.45, 2.75) is 24.8 Å². The zero-order valence-corrected chi connectivity index (χ0v) is 27.0. The van der Waals surface area contributed by atoms with Crippen molar-refractivity contribution >= 4 is 62.7 Å². The Hall–Kier alpha value is -3.93. The summed E-state index contributed by atoms with van der Waals surface area (Å²) in [6, 6.07) is 19.9.